The molecule has 0 aliphatic carbocycles. The average molecular weight is 183 g/mol. The molecular weight excluding hydrogens is 166 g/mol. The molecule has 1 aromatic heterocycles. The Labute approximate surface area is 79.0 Å². The molecule has 0 radical (unpaired) electrons. The van der Waals surface area contributed by atoms with Crippen molar-refractivity contribution in [2.45, 2.75) is 20.8 Å². The second-order valence-corrected chi connectivity index (χ2v) is 2.21. The van der Waals surface area contributed by atoms with Crippen molar-refractivity contribution in [3.8, 4) is 0 Å². The lowest BCUT2D eigenvalue weighted by Gasteiger charge is -2.00. The monoisotopic (exact) mass is 183 g/mol. The van der Waals surface area contributed by atoms with Gasteiger partial charge in [-0.15, -0.1) is 5.10 Å². The molecule has 0 bridgehead atoms. The van der Waals surface area contributed by atoms with Gasteiger partial charge in [-0.25, -0.2) is 0 Å². The molecule has 0 saturated heterocycles. The highest BCUT2D eigenvalue weighted by atomic mass is 16.3. The summed E-state index contributed by atoms with van der Waals surface area (Å²) in [6.45, 7) is 6.50. The molecule has 0 unspecified atom stereocenters. The molecule has 4 heteroatoms. The highest BCUT2D eigenvalue weighted by Crippen LogP contribution is 1.99. The van der Waals surface area contributed by atoms with Gasteiger partial charge < -0.3 is 10.4 Å². The number of aryl methyl sites for hydroxylation is 1. The first kappa shape index (κ1) is 11.8. The van der Waals surface area contributed by atoms with Crippen molar-refractivity contribution < 1.29 is 5.11 Å². The summed E-state index contributed by atoms with van der Waals surface area (Å²) in [5, 5.41) is 19.1. The fourth-order valence-corrected chi connectivity index (χ4v) is 0.677. The summed E-state index contributed by atoms with van der Waals surface area (Å²) in [5.74, 6) is 0.699. The quantitative estimate of drug-likeness (QED) is 0.739. The zero-order valence-corrected chi connectivity index (χ0v) is 8.41. The van der Waals surface area contributed by atoms with E-state index in [9.17, 15) is 0 Å². The second-order valence-electron chi connectivity index (χ2n) is 2.21. The van der Waals surface area contributed by atoms with Gasteiger partial charge in [0.2, 0.25) is 0 Å². The topological polar surface area (TPSA) is 58.0 Å². The SMILES string of the molecule is CC.Cc1ccc(NCCO)nn1. The highest BCUT2D eigenvalue weighted by Gasteiger charge is 1.91. The van der Waals surface area contributed by atoms with Gasteiger partial charge in [0.15, 0.2) is 0 Å². The van der Waals surface area contributed by atoms with Gasteiger partial charge in [-0.05, 0) is 19.1 Å². The molecule has 1 heterocycles. The first-order valence-electron chi connectivity index (χ1n) is 4.48. The maximum atomic E-state index is 8.47. The minimum Gasteiger partial charge on any atom is -0.395 e. The van der Waals surface area contributed by atoms with Crippen molar-refractivity contribution in [2.75, 3.05) is 18.5 Å². The van der Waals surface area contributed by atoms with Crippen molar-refractivity contribution in [3.05, 3.63) is 17.8 Å². The summed E-state index contributed by atoms with van der Waals surface area (Å²) in [6.07, 6.45) is 0. The molecule has 0 aliphatic rings. The lowest BCUT2D eigenvalue weighted by molar-refractivity contribution is 0.311. The largest absolute Gasteiger partial charge is 0.395 e. The molecule has 0 amide bonds. The number of rotatable bonds is 3. The predicted octanol–water partition coefficient (Wildman–Crippen LogP) is 1.22. The Hall–Kier alpha value is -1.16. The molecule has 0 fully saturated rings. The summed E-state index contributed by atoms with van der Waals surface area (Å²) < 4.78 is 0. The standard InChI is InChI=1S/C7H11N3O.C2H6/c1-6-2-3-7(10-9-6)8-4-5-11;1-2/h2-3,11H,4-5H2,1H3,(H,8,10);1-2H3. The molecule has 2 N–H and O–H groups in total. The van der Waals surface area contributed by atoms with E-state index in [0.29, 0.717) is 12.4 Å². The van der Waals surface area contributed by atoms with Crippen LogP contribution in [0.25, 0.3) is 0 Å². The van der Waals surface area contributed by atoms with Crippen molar-refractivity contribution >= 4 is 5.82 Å². The lowest BCUT2D eigenvalue weighted by atomic mass is 10.4. The van der Waals surface area contributed by atoms with Crippen LogP contribution in [0.1, 0.15) is 19.5 Å². The van der Waals surface area contributed by atoms with Crippen LogP contribution in [0, 0.1) is 6.92 Å². The van der Waals surface area contributed by atoms with Gasteiger partial charge in [0.05, 0.1) is 12.3 Å². The Kier molecular flexibility index (Phi) is 6.82. The summed E-state index contributed by atoms with van der Waals surface area (Å²) >= 11 is 0. The van der Waals surface area contributed by atoms with E-state index in [1.165, 1.54) is 0 Å². The molecule has 1 aromatic rings. The molecule has 13 heavy (non-hydrogen) atoms. The molecule has 0 aliphatic heterocycles. The zero-order chi connectivity index (χ0) is 10.1. The summed E-state index contributed by atoms with van der Waals surface area (Å²) in [7, 11) is 0. The van der Waals surface area contributed by atoms with E-state index in [-0.39, 0.29) is 6.61 Å². The number of hydrogen-bond donors (Lipinski definition) is 2. The number of aliphatic hydroxyl groups is 1. The Bertz CT molecular complexity index is 211. The smallest absolute Gasteiger partial charge is 0.148 e. The van der Waals surface area contributed by atoms with E-state index in [4.69, 9.17) is 5.11 Å². The third kappa shape index (κ3) is 5.14. The van der Waals surface area contributed by atoms with Crippen LogP contribution in [0.15, 0.2) is 12.1 Å². The van der Waals surface area contributed by atoms with Gasteiger partial charge in [0.1, 0.15) is 5.82 Å². The summed E-state index contributed by atoms with van der Waals surface area (Å²) in [6, 6.07) is 3.70. The minimum absolute atomic E-state index is 0.107. The van der Waals surface area contributed by atoms with E-state index >= 15 is 0 Å². The van der Waals surface area contributed by atoms with E-state index in [1.807, 2.05) is 32.9 Å². The number of nitrogens with one attached hydrogen (secondary N) is 1. The van der Waals surface area contributed by atoms with Crippen molar-refractivity contribution in [1.29, 1.82) is 0 Å². The number of nitrogens with zero attached hydrogens (tertiary/aromatic N) is 2. The molecule has 0 spiro atoms. The number of aromatic nitrogens is 2. The van der Waals surface area contributed by atoms with Crippen molar-refractivity contribution in [1.82, 2.24) is 10.2 Å². The van der Waals surface area contributed by atoms with E-state index in [0.717, 1.165) is 5.69 Å². The van der Waals surface area contributed by atoms with Crippen LogP contribution < -0.4 is 5.32 Å². The molecule has 0 saturated carbocycles. The van der Waals surface area contributed by atoms with Crippen LogP contribution >= 0.6 is 0 Å². The predicted molar refractivity (Wildman–Crippen MR) is 53.7 cm³/mol. The van der Waals surface area contributed by atoms with Crippen molar-refractivity contribution in [3.63, 3.8) is 0 Å². The van der Waals surface area contributed by atoms with Crippen LogP contribution in [0.2, 0.25) is 0 Å². The second kappa shape index (κ2) is 7.49. The van der Waals surface area contributed by atoms with Gasteiger partial charge in [0.25, 0.3) is 0 Å². The van der Waals surface area contributed by atoms with Crippen LogP contribution in [0.5, 0.6) is 0 Å². The van der Waals surface area contributed by atoms with Crippen molar-refractivity contribution in [2.24, 2.45) is 0 Å². The number of hydrogen-bond acceptors (Lipinski definition) is 4. The summed E-state index contributed by atoms with van der Waals surface area (Å²) in [5.41, 5.74) is 0.888. The lowest BCUT2D eigenvalue weighted by Crippen LogP contribution is -2.07. The van der Waals surface area contributed by atoms with E-state index in [2.05, 4.69) is 15.5 Å². The summed E-state index contributed by atoms with van der Waals surface area (Å²) in [4.78, 5) is 0. The zero-order valence-electron chi connectivity index (χ0n) is 8.41. The number of aliphatic hydroxyl groups excluding tert-OH is 1. The van der Waals surface area contributed by atoms with Gasteiger partial charge in [-0.1, -0.05) is 13.8 Å². The van der Waals surface area contributed by atoms with Gasteiger partial charge in [0, 0.05) is 6.54 Å². The van der Waals surface area contributed by atoms with Crippen LogP contribution in [-0.2, 0) is 0 Å². The maximum Gasteiger partial charge on any atom is 0.148 e. The first-order valence-corrected chi connectivity index (χ1v) is 4.48. The maximum absolute atomic E-state index is 8.47. The first-order chi connectivity index (χ1) is 6.33. The van der Waals surface area contributed by atoms with E-state index < -0.39 is 0 Å². The molecule has 0 aromatic carbocycles. The van der Waals surface area contributed by atoms with E-state index in [1.54, 1.807) is 0 Å². The average Bonchev–Trinajstić information content (AvgIpc) is 2.20. The Morgan fingerprint density at radius 1 is 1.31 bits per heavy atom. The van der Waals surface area contributed by atoms with Gasteiger partial charge in [-0.3, -0.25) is 0 Å². The number of anilines is 1. The fourth-order valence-electron chi connectivity index (χ4n) is 0.677. The van der Waals surface area contributed by atoms with Crippen LogP contribution in [-0.4, -0.2) is 28.5 Å². The fraction of sp³-hybridized carbons (Fsp3) is 0.556. The minimum atomic E-state index is 0.107. The molecule has 4 nitrogen and oxygen atoms in total. The third-order valence-corrected chi connectivity index (χ3v) is 1.22. The van der Waals surface area contributed by atoms with Gasteiger partial charge in [-0.2, -0.15) is 5.10 Å². The molecule has 74 valence electrons. The Morgan fingerprint density at radius 2 is 2.00 bits per heavy atom. The Balaban J connectivity index is 0.000000671. The van der Waals surface area contributed by atoms with Crippen LogP contribution in [0.3, 0.4) is 0 Å². The molecular formula is C9H17N3O. The highest BCUT2D eigenvalue weighted by molar-refractivity contribution is 5.32. The van der Waals surface area contributed by atoms with Crippen LogP contribution in [0.4, 0.5) is 5.82 Å². The molecule has 0 atom stereocenters. The van der Waals surface area contributed by atoms with Gasteiger partial charge >= 0.3 is 0 Å². The Morgan fingerprint density at radius 3 is 2.46 bits per heavy atom. The molecule has 1 rings (SSSR count). The normalized spacial score (nSPS) is 8.62. The third-order valence-electron chi connectivity index (χ3n) is 1.22.